The van der Waals surface area contributed by atoms with Crippen LogP contribution in [0.1, 0.15) is 34.8 Å². The molecular weight excluding hydrogens is 438 g/mol. The second-order valence-electron chi connectivity index (χ2n) is 7.71. The first kappa shape index (κ1) is 24.7. The number of carbonyl (C=O) groups is 1. The van der Waals surface area contributed by atoms with Crippen molar-refractivity contribution in [1.82, 2.24) is 5.32 Å². The largest absolute Gasteiger partial charge is 0.507 e. The lowest BCUT2D eigenvalue weighted by Crippen LogP contribution is -2.29. The van der Waals surface area contributed by atoms with Gasteiger partial charge in [-0.2, -0.15) is 0 Å². The zero-order chi connectivity index (χ0) is 24.7. The molecule has 2 N–H and O–H groups in total. The fraction of sp³-hybridized carbons (Fsp3) is 0.308. The average molecular weight is 468 g/mol. The van der Waals surface area contributed by atoms with Crippen LogP contribution in [0.5, 0.6) is 23.0 Å². The maximum Gasteiger partial charge on any atom is 0.343 e. The normalized spacial score (nSPS) is 11.5. The van der Waals surface area contributed by atoms with E-state index in [4.69, 9.17) is 18.6 Å². The zero-order valence-electron chi connectivity index (χ0n) is 19.7. The molecule has 0 bridgehead atoms. The predicted molar refractivity (Wildman–Crippen MR) is 127 cm³/mol. The number of aromatic hydroxyl groups is 1. The van der Waals surface area contributed by atoms with E-state index in [9.17, 15) is 14.7 Å². The molecule has 0 spiro atoms. The van der Waals surface area contributed by atoms with Gasteiger partial charge in [0.2, 0.25) is 11.7 Å². The van der Waals surface area contributed by atoms with Crippen molar-refractivity contribution < 1.29 is 28.5 Å². The van der Waals surface area contributed by atoms with Crippen LogP contribution in [0.15, 0.2) is 57.7 Å². The first-order chi connectivity index (χ1) is 16.4. The SMILES string of the molecule is COc1ccc(C(CC(=O)NCCc2ccccc2)c2c(O)cc(C)oc2=O)c(OC)c1OC. The van der Waals surface area contributed by atoms with Crippen molar-refractivity contribution in [3.63, 3.8) is 0 Å². The van der Waals surface area contributed by atoms with E-state index in [1.807, 2.05) is 30.3 Å². The molecule has 8 heteroatoms. The van der Waals surface area contributed by atoms with Gasteiger partial charge in [-0.3, -0.25) is 4.79 Å². The Morgan fingerprint density at radius 3 is 2.35 bits per heavy atom. The number of carbonyl (C=O) groups excluding carboxylic acids is 1. The molecule has 0 radical (unpaired) electrons. The molecule has 0 fully saturated rings. The molecule has 1 heterocycles. The minimum absolute atomic E-state index is 0.0330. The van der Waals surface area contributed by atoms with Crippen LogP contribution in [-0.4, -0.2) is 38.9 Å². The van der Waals surface area contributed by atoms with E-state index in [0.717, 1.165) is 5.56 Å². The zero-order valence-corrected chi connectivity index (χ0v) is 19.7. The van der Waals surface area contributed by atoms with E-state index in [-0.39, 0.29) is 29.4 Å². The lowest BCUT2D eigenvalue weighted by atomic mass is 9.87. The average Bonchev–Trinajstić information content (AvgIpc) is 2.82. The molecule has 0 saturated carbocycles. The molecule has 8 nitrogen and oxygen atoms in total. The van der Waals surface area contributed by atoms with Crippen LogP contribution in [0.3, 0.4) is 0 Å². The predicted octanol–water partition coefficient (Wildman–Crippen LogP) is 3.56. The summed E-state index contributed by atoms with van der Waals surface area (Å²) in [5, 5.41) is 13.5. The number of nitrogens with one attached hydrogen (secondary N) is 1. The van der Waals surface area contributed by atoms with E-state index in [0.29, 0.717) is 35.8 Å². The van der Waals surface area contributed by atoms with E-state index in [1.54, 1.807) is 19.1 Å². The van der Waals surface area contributed by atoms with Gasteiger partial charge in [-0.15, -0.1) is 0 Å². The number of amides is 1. The summed E-state index contributed by atoms with van der Waals surface area (Å²) in [5.74, 6) is -0.115. The molecule has 34 heavy (non-hydrogen) atoms. The van der Waals surface area contributed by atoms with Crippen LogP contribution in [0, 0.1) is 6.92 Å². The molecule has 0 saturated heterocycles. The summed E-state index contributed by atoms with van der Waals surface area (Å²) in [4.78, 5) is 25.7. The fourth-order valence-corrected chi connectivity index (χ4v) is 3.94. The van der Waals surface area contributed by atoms with Gasteiger partial charge in [-0.25, -0.2) is 4.79 Å². The van der Waals surface area contributed by atoms with Gasteiger partial charge >= 0.3 is 5.63 Å². The molecule has 1 aromatic heterocycles. The van der Waals surface area contributed by atoms with Crippen LogP contribution in [0.4, 0.5) is 0 Å². The van der Waals surface area contributed by atoms with E-state index in [1.165, 1.54) is 27.4 Å². The molecule has 3 aromatic rings. The highest BCUT2D eigenvalue weighted by Gasteiger charge is 2.30. The van der Waals surface area contributed by atoms with Crippen molar-refractivity contribution in [2.24, 2.45) is 0 Å². The Morgan fingerprint density at radius 2 is 1.74 bits per heavy atom. The molecule has 1 amide bonds. The summed E-state index contributed by atoms with van der Waals surface area (Å²) in [6.07, 6.45) is 0.539. The lowest BCUT2D eigenvalue weighted by Gasteiger charge is -2.22. The number of hydrogen-bond donors (Lipinski definition) is 2. The number of rotatable bonds is 10. The Bertz CT molecular complexity index is 1190. The van der Waals surface area contributed by atoms with Gasteiger partial charge in [0.1, 0.15) is 11.5 Å². The molecular formula is C26H29NO7. The van der Waals surface area contributed by atoms with E-state index < -0.39 is 11.5 Å². The van der Waals surface area contributed by atoms with E-state index in [2.05, 4.69) is 5.32 Å². The number of aryl methyl sites for hydroxylation is 1. The lowest BCUT2D eigenvalue weighted by molar-refractivity contribution is -0.121. The molecule has 0 aliphatic carbocycles. The summed E-state index contributed by atoms with van der Waals surface area (Å²) in [5.41, 5.74) is 0.813. The smallest absolute Gasteiger partial charge is 0.343 e. The first-order valence-electron chi connectivity index (χ1n) is 10.8. The van der Waals surface area contributed by atoms with Gasteiger partial charge in [0.25, 0.3) is 0 Å². The summed E-state index contributed by atoms with van der Waals surface area (Å²) in [7, 11) is 4.41. The molecule has 0 aliphatic heterocycles. The third kappa shape index (κ3) is 5.51. The Balaban J connectivity index is 1.98. The van der Waals surface area contributed by atoms with Crippen molar-refractivity contribution in [2.75, 3.05) is 27.9 Å². The van der Waals surface area contributed by atoms with Crippen LogP contribution >= 0.6 is 0 Å². The second-order valence-corrected chi connectivity index (χ2v) is 7.71. The van der Waals surface area contributed by atoms with Gasteiger partial charge in [0, 0.05) is 30.5 Å². The third-order valence-corrected chi connectivity index (χ3v) is 5.52. The summed E-state index contributed by atoms with van der Waals surface area (Å²) >= 11 is 0. The number of hydrogen-bond acceptors (Lipinski definition) is 7. The van der Waals surface area contributed by atoms with Crippen LogP contribution < -0.4 is 25.2 Å². The van der Waals surface area contributed by atoms with Crippen molar-refractivity contribution >= 4 is 5.91 Å². The number of ether oxygens (including phenoxy) is 3. The van der Waals surface area contributed by atoms with Gasteiger partial charge in [0.05, 0.1) is 26.9 Å². The molecule has 1 unspecified atom stereocenters. The highest BCUT2D eigenvalue weighted by Crippen LogP contribution is 2.45. The first-order valence-corrected chi connectivity index (χ1v) is 10.8. The molecule has 0 aliphatic rings. The maximum atomic E-state index is 12.9. The number of benzene rings is 2. The minimum atomic E-state index is -0.858. The quantitative estimate of drug-likeness (QED) is 0.469. The Labute approximate surface area is 198 Å². The van der Waals surface area contributed by atoms with Crippen LogP contribution in [0.25, 0.3) is 0 Å². The van der Waals surface area contributed by atoms with Crippen molar-refractivity contribution in [3.05, 3.63) is 81.4 Å². The third-order valence-electron chi connectivity index (χ3n) is 5.52. The summed E-state index contributed by atoms with van der Waals surface area (Å²) < 4.78 is 21.6. The molecule has 3 rings (SSSR count). The van der Waals surface area contributed by atoms with Gasteiger partial charge in [-0.05, 0) is 25.0 Å². The molecule has 2 aromatic carbocycles. The van der Waals surface area contributed by atoms with E-state index >= 15 is 0 Å². The monoisotopic (exact) mass is 467 g/mol. The Morgan fingerprint density at radius 1 is 1.03 bits per heavy atom. The maximum absolute atomic E-state index is 12.9. The Hall–Kier alpha value is -3.94. The topological polar surface area (TPSA) is 107 Å². The molecule has 1 atom stereocenters. The van der Waals surface area contributed by atoms with Gasteiger partial charge in [-0.1, -0.05) is 36.4 Å². The summed E-state index contributed by atoms with van der Waals surface area (Å²) in [6, 6.07) is 14.5. The highest BCUT2D eigenvalue weighted by atomic mass is 16.5. The Kier molecular flexibility index (Phi) is 8.19. The minimum Gasteiger partial charge on any atom is -0.507 e. The van der Waals surface area contributed by atoms with Crippen LogP contribution in [0.2, 0.25) is 0 Å². The van der Waals surface area contributed by atoms with Crippen LogP contribution in [-0.2, 0) is 11.2 Å². The number of methoxy groups -OCH3 is 3. The van der Waals surface area contributed by atoms with Crippen molar-refractivity contribution in [1.29, 1.82) is 0 Å². The summed E-state index contributed by atoms with van der Waals surface area (Å²) in [6.45, 7) is 1.99. The standard InChI is InChI=1S/C26H29NO7/c1-16-14-20(28)23(26(30)34-16)19(15-22(29)27-13-12-17-8-6-5-7-9-17)18-10-11-21(31-2)25(33-4)24(18)32-3/h5-11,14,19,28H,12-13,15H2,1-4H3,(H,27,29). The molecule has 180 valence electrons. The fourth-order valence-electron chi connectivity index (χ4n) is 3.94. The second kappa shape index (κ2) is 11.3. The highest BCUT2D eigenvalue weighted by molar-refractivity contribution is 5.78. The van der Waals surface area contributed by atoms with Gasteiger partial charge in [0.15, 0.2) is 11.5 Å². The van der Waals surface area contributed by atoms with Crippen molar-refractivity contribution in [2.45, 2.75) is 25.7 Å². The van der Waals surface area contributed by atoms with Gasteiger partial charge < -0.3 is 29.1 Å². The van der Waals surface area contributed by atoms with Crippen molar-refractivity contribution in [3.8, 4) is 23.0 Å².